The molecule has 266 valence electrons. The second-order valence-electron chi connectivity index (χ2n) is 15.6. The Morgan fingerprint density at radius 1 is 0.623 bits per heavy atom. The molecule has 9 rings (SSSR count). The fraction of sp³-hybridized carbons (Fsp3) is 0.333. The molecule has 3 aromatic carbocycles. The minimum Gasteiger partial charge on any atom is -0.407 e. The summed E-state index contributed by atoms with van der Waals surface area (Å²) in [4.78, 5) is 8.43. The molecule has 0 bridgehead atoms. The summed E-state index contributed by atoms with van der Waals surface area (Å²) in [5.74, 6) is 0. The van der Waals surface area contributed by atoms with Crippen LogP contribution in [0.4, 0.5) is 11.4 Å². The van der Waals surface area contributed by atoms with E-state index in [1.54, 1.807) is 18.6 Å². The third-order valence-corrected chi connectivity index (χ3v) is 10.8. The molecular formula is C39H42B4N4O6. The SMILES string of the molecule is CC1(Cc2cc3cccc4c3c(c2CC2(C)COB(c3cccnc3)OC2)NB(c2ccc(B3OCCCO3)cc2)N4)COB(c2ccncc2)OC1. The van der Waals surface area contributed by atoms with Crippen LogP contribution in [0, 0.1) is 10.8 Å². The van der Waals surface area contributed by atoms with Gasteiger partial charge in [0.1, 0.15) is 0 Å². The standard InChI is InChI=1S/C39H42B4N4O6/c1-38(24-50-42(51-25-38)32-13-16-44-17-14-32)21-29-20-28-6-3-8-35-36(28)37(34(29)22-39(2)26-52-43(53-27-39)33-7-4-15-45-23-33)47-40(46-35)30-9-11-31(12-10-30)41-48-18-5-19-49-41/h3-4,6-17,20,23,46-47H,5,18-19,21-22,24-27H2,1-2H3. The van der Waals surface area contributed by atoms with Crippen LogP contribution in [-0.2, 0) is 40.8 Å². The summed E-state index contributed by atoms with van der Waals surface area (Å²) >= 11 is 0. The average molecular weight is 706 g/mol. The molecular weight excluding hydrogens is 664 g/mol. The lowest BCUT2D eigenvalue weighted by molar-refractivity contribution is 0.0188. The van der Waals surface area contributed by atoms with Gasteiger partial charge in [0.25, 0.3) is 0 Å². The van der Waals surface area contributed by atoms with E-state index in [0.717, 1.165) is 52.5 Å². The Balaban J connectivity index is 1.05. The van der Waals surface area contributed by atoms with Crippen molar-refractivity contribution in [3.8, 4) is 0 Å². The molecule has 3 saturated heterocycles. The number of benzene rings is 3. The van der Waals surface area contributed by atoms with Gasteiger partial charge in [-0.1, -0.05) is 62.4 Å². The molecule has 0 atom stereocenters. The van der Waals surface area contributed by atoms with Gasteiger partial charge in [-0.3, -0.25) is 9.97 Å². The second kappa shape index (κ2) is 14.6. The molecule has 2 aromatic heterocycles. The summed E-state index contributed by atoms with van der Waals surface area (Å²) in [6.45, 7) is 8.05. The van der Waals surface area contributed by atoms with Gasteiger partial charge in [-0.05, 0) is 76.4 Å². The number of anilines is 2. The van der Waals surface area contributed by atoms with E-state index in [1.165, 1.54) is 21.9 Å². The van der Waals surface area contributed by atoms with E-state index >= 15 is 0 Å². The summed E-state index contributed by atoms with van der Waals surface area (Å²) < 4.78 is 37.3. The number of aromatic nitrogens is 2. The van der Waals surface area contributed by atoms with Crippen molar-refractivity contribution in [3.63, 3.8) is 0 Å². The Kier molecular flexibility index (Phi) is 9.52. The number of hydrogen-bond donors (Lipinski definition) is 2. The van der Waals surface area contributed by atoms with E-state index in [9.17, 15) is 0 Å². The van der Waals surface area contributed by atoms with Crippen molar-refractivity contribution in [1.29, 1.82) is 0 Å². The predicted molar refractivity (Wildman–Crippen MR) is 212 cm³/mol. The lowest BCUT2D eigenvalue weighted by atomic mass is 9.64. The molecule has 0 amide bonds. The van der Waals surface area contributed by atoms with Crippen LogP contribution in [-0.4, -0.2) is 77.9 Å². The Bertz CT molecular complexity index is 2040. The first-order valence-corrected chi connectivity index (χ1v) is 18.6. The van der Waals surface area contributed by atoms with Gasteiger partial charge >= 0.3 is 28.3 Å². The van der Waals surface area contributed by atoms with Gasteiger partial charge in [-0.15, -0.1) is 0 Å². The summed E-state index contributed by atoms with van der Waals surface area (Å²) in [5, 5.41) is 10.1. The van der Waals surface area contributed by atoms with E-state index in [1.807, 2.05) is 30.5 Å². The molecule has 0 radical (unpaired) electrons. The zero-order valence-corrected chi connectivity index (χ0v) is 30.3. The highest BCUT2D eigenvalue weighted by Gasteiger charge is 2.41. The Labute approximate surface area is 312 Å². The first kappa shape index (κ1) is 34.6. The fourth-order valence-electron chi connectivity index (χ4n) is 8.02. The monoisotopic (exact) mass is 706 g/mol. The highest BCUT2D eigenvalue weighted by molar-refractivity contribution is 6.80. The summed E-state index contributed by atoms with van der Waals surface area (Å²) in [7, 11) is -1.15. The van der Waals surface area contributed by atoms with Gasteiger partial charge in [0.15, 0.2) is 0 Å². The van der Waals surface area contributed by atoms with Crippen LogP contribution in [0.3, 0.4) is 0 Å². The van der Waals surface area contributed by atoms with Gasteiger partial charge in [-0.25, -0.2) is 0 Å². The van der Waals surface area contributed by atoms with E-state index in [2.05, 4.69) is 82.8 Å². The minimum atomic E-state index is -0.430. The Morgan fingerprint density at radius 3 is 1.96 bits per heavy atom. The largest absolute Gasteiger partial charge is 0.495 e. The van der Waals surface area contributed by atoms with Crippen molar-refractivity contribution in [1.82, 2.24) is 9.97 Å². The summed E-state index contributed by atoms with van der Waals surface area (Å²) in [5.41, 5.74) is 8.33. The predicted octanol–water partition coefficient (Wildman–Crippen LogP) is 2.98. The van der Waals surface area contributed by atoms with Crippen LogP contribution in [0.15, 0.2) is 97.6 Å². The molecule has 2 N–H and O–H groups in total. The van der Waals surface area contributed by atoms with Crippen molar-refractivity contribution in [2.75, 3.05) is 50.1 Å². The van der Waals surface area contributed by atoms with Gasteiger partial charge in [0, 0.05) is 97.5 Å². The zero-order valence-electron chi connectivity index (χ0n) is 30.3. The quantitative estimate of drug-likeness (QED) is 0.234. The van der Waals surface area contributed by atoms with Gasteiger partial charge in [0.05, 0.1) is 0 Å². The van der Waals surface area contributed by atoms with Crippen LogP contribution in [0.1, 0.15) is 31.4 Å². The number of pyridine rings is 2. The molecule has 0 aliphatic carbocycles. The van der Waals surface area contributed by atoms with Crippen LogP contribution in [0.25, 0.3) is 10.8 Å². The number of hydrogen-bond acceptors (Lipinski definition) is 10. The van der Waals surface area contributed by atoms with Crippen molar-refractivity contribution in [2.45, 2.75) is 33.1 Å². The third-order valence-electron chi connectivity index (χ3n) is 10.8. The minimum absolute atomic E-state index is 0.149. The highest BCUT2D eigenvalue weighted by Crippen LogP contribution is 2.43. The van der Waals surface area contributed by atoms with E-state index < -0.39 is 14.2 Å². The van der Waals surface area contributed by atoms with Crippen LogP contribution in [0.2, 0.25) is 0 Å². The second-order valence-corrected chi connectivity index (χ2v) is 15.6. The maximum Gasteiger partial charge on any atom is 0.495 e. The molecule has 0 unspecified atom stereocenters. The third kappa shape index (κ3) is 7.24. The van der Waals surface area contributed by atoms with Crippen molar-refractivity contribution in [3.05, 3.63) is 109 Å². The molecule has 6 heterocycles. The molecule has 0 saturated carbocycles. The maximum absolute atomic E-state index is 6.41. The molecule has 4 aliphatic rings. The topological polar surface area (TPSA) is 105 Å². The zero-order chi connectivity index (χ0) is 35.8. The Morgan fingerprint density at radius 2 is 1.26 bits per heavy atom. The average Bonchev–Trinajstić information content (AvgIpc) is 3.21. The normalized spacial score (nSPS) is 19.5. The van der Waals surface area contributed by atoms with Crippen LogP contribution in [0.5, 0.6) is 0 Å². The van der Waals surface area contributed by atoms with Crippen LogP contribution < -0.4 is 32.3 Å². The van der Waals surface area contributed by atoms with Crippen LogP contribution >= 0.6 is 0 Å². The van der Waals surface area contributed by atoms with E-state index in [-0.39, 0.29) is 24.9 Å². The smallest absolute Gasteiger partial charge is 0.407 e. The summed E-state index contributed by atoms with van der Waals surface area (Å²) in [6, 6.07) is 25.3. The molecule has 10 nitrogen and oxygen atoms in total. The molecule has 14 heteroatoms. The van der Waals surface area contributed by atoms with Crippen molar-refractivity contribution in [2.24, 2.45) is 10.8 Å². The van der Waals surface area contributed by atoms with Gasteiger partial charge in [0.2, 0.25) is 0 Å². The van der Waals surface area contributed by atoms with Crippen molar-refractivity contribution >= 4 is 72.3 Å². The first-order valence-electron chi connectivity index (χ1n) is 18.6. The lowest BCUT2D eigenvalue weighted by Gasteiger charge is -2.40. The number of rotatable bonds is 8. The fourth-order valence-corrected chi connectivity index (χ4v) is 8.02. The number of nitrogens with one attached hydrogen (secondary N) is 2. The lowest BCUT2D eigenvalue weighted by Crippen LogP contribution is -2.51. The molecule has 53 heavy (non-hydrogen) atoms. The summed E-state index contributed by atoms with van der Waals surface area (Å²) in [6.07, 6.45) is 9.60. The maximum atomic E-state index is 6.41. The molecule has 3 fully saturated rings. The molecule has 0 spiro atoms. The van der Waals surface area contributed by atoms with E-state index in [4.69, 9.17) is 27.9 Å². The van der Waals surface area contributed by atoms with Gasteiger partial charge < -0.3 is 38.4 Å². The first-order chi connectivity index (χ1) is 25.9. The van der Waals surface area contributed by atoms with Crippen molar-refractivity contribution < 1.29 is 27.9 Å². The molecule has 5 aromatic rings. The van der Waals surface area contributed by atoms with E-state index in [0.29, 0.717) is 39.6 Å². The highest BCUT2D eigenvalue weighted by atomic mass is 16.6. The van der Waals surface area contributed by atoms with Gasteiger partial charge in [-0.2, -0.15) is 0 Å². The Hall–Kier alpha value is -4.16. The molecule has 4 aliphatic heterocycles. The number of nitrogens with zero attached hydrogens (tertiary/aromatic N) is 2.